The highest BCUT2D eigenvalue weighted by atomic mass is 35.5. The lowest BCUT2D eigenvalue weighted by atomic mass is 10.1. The zero-order valence-corrected chi connectivity index (χ0v) is 14.2. The van der Waals surface area contributed by atoms with Crippen molar-refractivity contribution in [3.63, 3.8) is 0 Å². The van der Waals surface area contributed by atoms with Gasteiger partial charge in [-0.2, -0.15) is 0 Å². The Labute approximate surface area is 149 Å². The summed E-state index contributed by atoms with van der Waals surface area (Å²) >= 11 is 5.69. The molecule has 130 valence electrons. The Hall–Kier alpha value is -2.60. The van der Waals surface area contributed by atoms with Crippen molar-refractivity contribution < 1.29 is 18.7 Å². The fourth-order valence-corrected chi connectivity index (χ4v) is 2.79. The van der Waals surface area contributed by atoms with E-state index in [2.05, 4.69) is 5.32 Å². The summed E-state index contributed by atoms with van der Waals surface area (Å²) < 4.78 is 19.4. The fourth-order valence-electron chi connectivity index (χ4n) is 2.62. The largest absolute Gasteiger partial charge is 0.479 e. The van der Waals surface area contributed by atoms with Crippen molar-refractivity contribution in [2.75, 3.05) is 16.8 Å². The van der Waals surface area contributed by atoms with E-state index < -0.39 is 17.8 Å². The SMILES string of the molecule is CC1Oc2ccccc2N(CCC(=O)Nc2cccc(Cl)c2F)C1=O. The third kappa shape index (κ3) is 3.58. The summed E-state index contributed by atoms with van der Waals surface area (Å²) in [5.41, 5.74) is 0.631. The number of rotatable bonds is 4. The van der Waals surface area contributed by atoms with Crippen LogP contribution >= 0.6 is 11.6 Å². The second kappa shape index (κ2) is 7.11. The van der Waals surface area contributed by atoms with Gasteiger partial charge < -0.3 is 15.0 Å². The molecule has 1 atom stereocenters. The summed E-state index contributed by atoms with van der Waals surface area (Å²) in [6.45, 7) is 1.82. The molecular formula is C18H16ClFN2O3. The molecule has 0 saturated carbocycles. The second-order valence-corrected chi connectivity index (χ2v) is 6.02. The molecule has 1 heterocycles. The van der Waals surface area contributed by atoms with E-state index >= 15 is 0 Å². The molecule has 0 bridgehead atoms. The zero-order valence-electron chi connectivity index (χ0n) is 13.5. The summed E-state index contributed by atoms with van der Waals surface area (Å²) in [6, 6.07) is 11.5. The van der Waals surface area contributed by atoms with Crippen LogP contribution in [0.1, 0.15) is 13.3 Å². The zero-order chi connectivity index (χ0) is 18.0. The summed E-state index contributed by atoms with van der Waals surface area (Å²) in [5, 5.41) is 2.41. The number of halogens is 2. The molecule has 2 aromatic carbocycles. The van der Waals surface area contributed by atoms with Gasteiger partial charge in [0.15, 0.2) is 11.9 Å². The standard InChI is InChI=1S/C18H16ClFN2O3/c1-11-18(24)22(14-7-2-3-8-15(14)25-11)10-9-16(23)21-13-6-4-5-12(19)17(13)20/h2-8,11H,9-10H2,1H3,(H,21,23). The van der Waals surface area contributed by atoms with Crippen LogP contribution < -0.4 is 15.0 Å². The van der Waals surface area contributed by atoms with E-state index in [1.807, 2.05) is 6.07 Å². The second-order valence-electron chi connectivity index (χ2n) is 5.62. The van der Waals surface area contributed by atoms with Gasteiger partial charge in [-0.3, -0.25) is 9.59 Å². The Morgan fingerprint density at radius 1 is 1.28 bits per heavy atom. The van der Waals surface area contributed by atoms with Crippen molar-refractivity contribution in [2.24, 2.45) is 0 Å². The summed E-state index contributed by atoms with van der Waals surface area (Å²) in [4.78, 5) is 26.0. The van der Waals surface area contributed by atoms with Crippen molar-refractivity contribution in [2.45, 2.75) is 19.4 Å². The Morgan fingerprint density at radius 3 is 2.84 bits per heavy atom. The van der Waals surface area contributed by atoms with E-state index in [1.165, 1.54) is 17.0 Å². The van der Waals surface area contributed by atoms with Crippen LogP contribution in [-0.4, -0.2) is 24.5 Å². The molecule has 0 saturated heterocycles. The van der Waals surface area contributed by atoms with Crippen LogP contribution in [0.15, 0.2) is 42.5 Å². The van der Waals surface area contributed by atoms with Gasteiger partial charge in [-0.05, 0) is 31.2 Å². The first-order valence-electron chi connectivity index (χ1n) is 7.78. The molecule has 0 fully saturated rings. The maximum atomic E-state index is 13.8. The number of amides is 2. The van der Waals surface area contributed by atoms with Crippen molar-refractivity contribution in [3.05, 3.63) is 53.3 Å². The highest BCUT2D eigenvalue weighted by Crippen LogP contribution is 2.33. The number of carbonyl (C=O) groups is 2. The third-order valence-corrected chi connectivity index (χ3v) is 4.15. The van der Waals surface area contributed by atoms with Gasteiger partial charge in [-0.25, -0.2) is 4.39 Å². The number of hydrogen-bond acceptors (Lipinski definition) is 3. The molecule has 3 rings (SSSR count). The number of anilines is 2. The molecule has 7 heteroatoms. The quantitative estimate of drug-likeness (QED) is 0.903. The first-order valence-corrected chi connectivity index (χ1v) is 8.16. The number of nitrogens with one attached hydrogen (secondary N) is 1. The Kier molecular flexibility index (Phi) is 4.90. The molecule has 1 aliphatic heterocycles. The average Bonchev–Trinajstić information content (AvgIpc) is 2.59. The Morgan fingerprint density at radius 2 is 2.04 bits per heavy atom. The third-order valence-electron chi connectivity index (χ3n) is 3.86. The van der Waals surface area contributed by atoms with E-state index in [4.69, 9.17) is 16.3 Å². The number of ether oxygens (including phenoxy) is 1. The van der Waals surface area contributed by atoms with E-state index in [-0.39, 0.29) is 29.6 Å². The number of nitrogens with zero attached hydrogens (tertiary/aromatic N) is 1. The smallest absolute Gasteiger partial charge is 0.267 e. The lowest BCUT2D eigenvalue weighted by Gasteiger charge is -2.32. The maximum Gasteiger partial charge on any atom is 0.267 e. The molecule has 1 aliphatic rings. The number of fused-ring (bicyclic) bond motifs is 1. The van der Waals surface area contributed by atoms with Crippen molar-refractivity contribution in [1.29, 1.82) is 0 Å². The lowest BCUT2D eigenvalue weighted by Crippen LogP contribution is -2.45. The molecule has 2 aromatic rings. The van der Waals surface area contributed by atoms with Gasteiger partial charge in [0, 0.05) is 13.0 Å². The highest BCUT2D eigenvalue weighted by Gasteiger charge is 2.31. The van der Waals surface area contributed by atoms with Gasteiger partial charge in [-0.1, -0.05) is 29.8 Å². The normalized spacial score (nSPS) is 16.2. The van der Waals surface area contributed by atoms with Crippen LogP contribution in [-0.2, 0) is 9.59 Å². The van der Waals surface area contributed by atoms with Crippen molar-refractivity contribution >= 4 is 34.8 Å². The Balaban J connectivity index is 1.69. The molecule has 0 spiro atoms. The molecular weight excluding hydrogens is 347 g/mol. The number of benzene rings is 2. The molecule has 0 aliphatic carbocycles. The molecule has 25 heavy (non-hydrogen) atoms. The first kappa shape index (κ1) is 17.2. The predicted octanol–water partition coefficient (Wildman–Crippen LogP) is 3.62. The Bertz CT molecular complexity index is 828. The van der Waals surface area contributed by atoms with Crippen molar-refractivity contribution in [3.8, 4) is 5.75 Å². The van der Waals surface area contributed by atoms with Gasteiger partial charge in [0.2, 0.25) is 5.91 Å². The molecule has 1 unspecified atom stereocenters. The van der Waals surface area contributed by atoms with E-state index in [9.17, 15) is 14.0 Å². The van der Waals surface area contributed by atoms with Crippen LogP contribution in [0, 0.1) is 5.82 Å². The molecule has 0 radical (unpaired) electrons. The lowest BCUT2D eigenvalue weighted by molar-refractivity contribution is -0.125. The van der Waals surface area contributed by atoms with Crippen LogP contribution in [0.3, 0.4) is 0 Å². The first-order chi connectivity index (χ1) is 12.0. The highest BCUT2D eigenvalue weighted by molar-refractivity contribution is 6.31. The summed E-state index contributed by atoms with van der Waals surface area (Å²) in [5.74, 6) is -0.721. The van der Waals surface area contributed by atoms with Gasteiger partial charge in [0.1, 0.15) is 5.75 Å². The molecule has 2 amide bonds. The minimum Gasteiger partial charge on any atom is -0.479 e. The van der Waals surface area contributed by atoms with Crippen LogP contribution in [0.4, 0.5) is 15.8 Å². The van der Waals surface area contributed by atoms with E-state index in [0.29, 0.717) is 11.4 Å². The fraction of sp³-hybridized carbons (Fsp3) is 0.222. The van der Waals surface area contributed by atoms with Crippen LogP contribution in [0.25, 0.3) is 0 Å². The van der Waals surface area contributed by atoms with Crippen LogP contribution in [0.2, 0.25) is 5.02 Å². The molecule has 5 nitrogen and oxygen atoms in total. The van der Waals surface area contributed by atoms with E-state index in [0.717, 1.165) is 0 Å². The van der Waals surface area contributed by atoms with Gasteiger partial charge in [-0.15, -0.1) is 0 Å². The molecule has 0 aromatic heterocycles. The van der Waals surface area contributed by atoms with Gasteiger partial charge in [0.05, 0.1) is 16.4 Å². The number of hydrogen-bond donors (Lipinski definition) is 1. The molecule has 1 N–H and O–H groups in total. The number of carbonyl (C=O) groups excluding carboxylic acids is 2. The maximum absolute atomic E-state index is 13.8. The minimum absolute atomic E-state index is 0.0126. The van der Waals surface area contributed by atoms with Gasteiger partial charge in [0.25, 0.3) is 5.91 Å². The topological polar surface area (TPSA) is 58.6 Å². The average molecular weight is 363 g/mol. The van der Waals surface area contributed by atoms with Crippen molar-refractivity contribution in [1.82, 2.24) is 0 Å². The summed E-state index contributed by atoms with van der Waals surface area (Å²) in [7, 11) is 0. The summed E-state index contributed by atoms with van der Waals surface area (Å²) in [6.07, 6.45) is -0.609. The predicted molar refractivity (Wildman–Crippen MR) is 93.5 cm³/mol. The minimum atomic E-state index is -0.682. The number of para-hydroxylation sites is 2. The monoisotopic (exact) mass is 362 g/mol. The van der Waals surface area contributed by atoms with Gasteiger partial charge >= 0.3 is 0 Å². The van der Waals surface area contributed by atoms with E-state index in [1.54, 1.807) is 31.2 Å². The van der Waals surface area contributed by atoms with Crippen LogP contribution in [0.5, 0.6) is 5.75 Å².